The predicted octanol–water partition coefficient (Wildman–Crippen LogP) is 1.51. The lowest BCUT2D eigenvalue weighted by Gasteiger charge is -2.14. The Hall–Kier alpha value is -2.08. The molecule has 0 saturated carbocycles. The Morgan fingerprint density at radius 2 is 1.95 bits per heavy atom. The van der Waals surface area contributed by atoms with Crippen molar-refractivity contribution in [2.45, 2.75) is 19.3 Å². The lowest BCUT2D eigenvalue weighted by atomic mass is 10.2. The van der Waals surface area contributed by atoms with Crippen molar-refractivity contribution >= 4 is 11.7 Å². The molecular formula is C13H18FN3O2. The Morgan fingerprint density at radius 1 is 1.32 bits per heavy atom. The van der Waals surface area contributed by atoms with Crippen LogP contribution in [0.3, 0.4) is 0 Å². The van der Waals surface area contributed by atoms with Gasteiger partial charge in [0.05, 0.1) is 5.70 Å². The van der Waals surface area contributed by atoms with Gasteiger partial charge in [0.1, 0.15) is 5.82 Å². The van der Waals surface area contributed by atoms with Gasteiger partial charge in [0.25, 0.3) is 0 Å². The third-order valence-corrected chi connectivity index (χ3v) is 2.54. The number of hydrogen-bond acceptors (Lipinski definition) is 4. The van der Waals surface area contributed by atoms with Gasteiger partial charge in [-0.3, -0.25) is 4.79 Å². The van der Waals surface area contributed by atoms with Crippen LogP contribution >= 0.6 is 0 Å². The number of unbranched alkanes of at least 4 members (excludes halogenated alkanes) is 1. The molecule has 0 unspecified atom stereocenters. The second kappa shape index (κ2) is 7.38. The monoisotopic (exact) mass is 267 g/mol. The molecule has 0 aliphatic carbocycles. The highest BCUT2D eigenvalue weighted by Crippen LogP contribution is 2.10. The van der Waals surface area contributed by atoms with Crippen LogP contribution in [0.4, 0.5) is 4.39 Å². The molecule has 5 nitrogen and oxygen atoms in total. The van der Waals surface area contributed by atoms with E-state index in [1.165, 1.54) is 17.1 Å². The molecule has 0 heterocycles. The molecule has 0 atom stereocenters. The van der Waals surface area contributed by atoms with Gasteiger partial charge < -0.3 is 15.8 Å². The van der Waals surface area contributed by atoms with E-state index in [1.54, 1.807) is 18.3 Å². The van der Waals surface area contributed by atoms with Crippen LogP contribution < -0.4 is 11.6 Å². The normalized spacial score (nSPS) is 11.4. The maximum absolute atomic E-state index is 12.7. The SMILES string of the molecule is N/C(=C\N(N)CCCCC(=O)O)c1ccc(F)cc1. The summed E-state index contributed by atoms with van der Waals surface area (Å²) in [5.74, 6) is 4.58. The van der Waals surface area contributed by atoms with Gasteiger partial charge in [0.15, 0.2) is 0 Å². The predicted molar refractivity (Wildman–Crippen MR) is 70.9 cm³/mol. The minimum atomic E-state index is -0.815. The molecule has 0 fully saturated rings. The van der Waals surface area contributed by atoms with Gasteiger partial charge in [0.2, 0.25) is 0 Å². The van der Waals surface area contributed by atoms with Crippen molar-refractivity contribution in [1.82, 2.24) is 5.01 Å². The maximum atomic E-state index is 12.7. The molecule has 5 N–H and O–H groups in total. The highest BCUT2D eigenvalue weighted by Gasteiger charge is 2.01. The summed E-state index contributed by atoms with van der Waals surface area (Å²) in [6.07, 6.45) is 2.91. The van der Waals surface area contributed by atoms with Crippen molar-refractivity contribution in [2.24, 2.45) is 11.6 Å². The van der Waals surface area contributed by atoms with Crippen molar-refractivity contribution in [1.29, 1.82) is 0 Å². The summed E-state index contributed by atoms with van der Waals surface area (Å²) in [4.78, 5) is 10.3. The molecule has 0 bridgehead atoms. The van der Waals surface area contributed by atoms with Gasteiger partial charge in [0, 0.05) is 19.2 Å². The standard InChI is InChI=1S/C13H18FN3O2/c14-11-6-4-10(5-7-11)12(15)9-17(16)8-2-1-3-13(18)19/h4-7,9H,1-3,8,15-16H2,(H,18,19)/b12-9-. The summed E-state index contributed by atoms with van der Waals surface area (Å²) in [5, 5.41) is 9.89. The van der Waals surface area contributed by atoms with Gasteiger partial charge in [-0.2, -0.15) is 0 Å². The van der Waals surface area contributed by atoms with E-state index in [9.17, 15) is 9.18 Å². The van der Waals surface area contributed by atoms with Crippen LogP contribution in [-0.2, 0) is 4.79 Å². The molecule has 0 aliphatic rings. The number of aliphatic carboxylic acids is 1. The number of carboxylic acid groups (broad SMARTS) is 1. The van der Waals surface area contributed by atoms with E-state index in [0.717, 1.165) is 0 Å². The van der Waals surface area contributed by atoms with E-state index in [-0.39, 0.29) is 12.2 Å². The molecule has 104 valence electrons. The van der Waals surface area contributed by atoms with E-state index >= 15 is 0 Å². The molecule has 0 radical (unpaired) electrons. The largest absolute Gasteiger partial charge is 0.481 e. The number of nitrogens with zero attached hydrogens (tertiary/aromatic N) is 1. The first-order valence-electron chi connectivity index (χ1n) is 5.95. The number of nitrogens with two attached hydrogens (primary N) is 2. The topological polar surface area (TPSA) is 92.6 Å². The van der Waals surface area contributed by atoms with Gasteiger partial charge in [-0.05, 0) is 42.7 Å². The number of halogens is 1. The zero-order valence-electron chi connectivity index (χ0n) is 10.6. The van der Waals surface area contributed by atoms with Crippen LogP contribution in [0.2, 0.25) is 0 Å². The lowest BCUT2D eigenvalue weighted by Crippen LogP contribution is -2.27. The molecule has 6 heteroatoms. The van der Waals surface area contributed by atoms with E-state index < -0.39 is 5.97 Å². The van der Waals surface area contributed by atoms with Crippen molar-refractivity contribution in [3.8, 4) is 0 Å². The summed E-state index contributed by atoms with van der Waals surface area (Å²) < 4.78 is 12.7. The molecule has 1 rings (SSSR count). The third-order valence-electron chi connectivity index (χ3n) is 2.54. The summed E-state index contributed by atoms with van der Waals surface area (Å²) in [7, 11) is 0. The lowest BCUT2D eigenvalue weighted by molar-refractivity contribution is -0.137. The molecular weight excluding hydrogens is 249 g/mol. The highest BCUT2D eigenvalue weighted by molar-refractivity contribution is 5.66. The first kappa shape index (κ1) is 15.0. The zero-order valence-corrected chi connectivity index (χ0v) is 10.6. The van der Waals surface area contributed by atoms with Crippen LogP contribution in [0, 0.1) is 5.82 Å². The second-order valence-corrected chi connectivity index (χ2v) is 4.18. The van der Waals surface area contributed by atoms with Crippen molar-refractivity contribution in [3.05, 3.63) is 41.8 Å². The molecule has 19 heavy (non-hydrogen) atoms. The fraction of sp³-hybridized carbons (Fsp3) is 0.308. The maximum Gasteiger partial charge on any atom is 0.303 e. The van der Waals surface area contributed by atoms with Crippen LogP contribution in [0.25, 0.3) is 5.70 Å². The minimum absolute atomic E-state index is 0.130. The van der Waals surface area contributed by atoms with Gasteiger partial charge in [-0.25, -0.2) is 10.2 Å². The Balaban J connectivity index is 2.44. The van der Waals surface area contributed by atoms with Gasteiger partial charge in [-0.15, -0.1) is 0 Å². The van der Waals surface area contributed by atoms with E-state index in [2.05, 4.69) is 0 Å². The number of hydrazine groups is 1. The van der Waals surface area contributed by atoms with Crippen LogP contribution in [-0.4, -0.2) is 22.6 Å². The number of hydrogen-bond donors (Lipinski definition) is 3. The number of carbonyl (C=O) groups is 1. The zero-order chi connectivity index (χ0) is 14.3. The first-order valence-corrected chi connectivity index (χ1v) is 5.95. The molecule has 0 aliphatic heterocycles. The van der Waals surface area contributed by atoms with Gasteiger partial charge in [-0.1, -0.05) is 0 Å². The van der Waals surface area contributed by atoms with E-state index in [1.807, 2.05) is 0 Å². The molecule has 0 amide bonds. The fourth-order valence-corrected chi connectivity index (χ4v) is 1.53. The van der Waals surface area contributed by atoms with E-state index in [4.69, 9.17) is 16.7 Å². The average Bonchev–Trinajstić information content (AvgIpc) is 2.35. The van der Waals surface area contributed by atoms with Crippen molar-refractivity contribution < 1.29 is 14.3 Å². The Morgan fingerprint density at radius 3 is 2.53 bits per heavy atom. The molecule has 0 spiro atoms. The highest BCUT2D eigenvalue weighted by atomic mass is 19.1. The quantitative estimate of drug-likeness (QED) is 0.395. The smallest absolute Gasteiger partial charge is 0.303 e. The number of rotatable bonds is 7. The summed E-state index contributed by atoms with van der Waals surface area (Å²) in [6, 6.07) is 5.78. The van der Waals surface area contributed by atoms with Crippen LogP contribution in [0.15, 0.2) is 30.5 Å². The average molecular weight is 267 g/mol. The van der Waals surface area contributed by atoms with E-state index in [0.29, 0.717) is 30.6 Å². The molecule has 0 saturated heterocycles. The molecule has 1 aromatic rings. The molecule has 1 aromatic carbocycles. The number of benzene rings is 1. The Kier molecular flexibility index (Phi) is 5.81. The fourth-order valence-electron chi connectivity index (χ4n) is 1.53. The molecule has 0 aromatic heterocycles. The van der Waals surface area contributed by atoms with Crippen molar-refractivity contribution in [2.75, 3.05) is 6.54 Å². The third kappa shape index (κ3) is 5.87. The second-order valence-electron chi connectivity index (χ2n) is 4.18. The summed E-state index contributed by atoms with van der Waals surface area (Å²) in [6.45, 7) is 0.509. The summed E-state index contributed by atoms with van der Waals surface area (Å²) >= 11 is 0. The van der Waals surface area contributed by atoms with Gasteiger partial charge >= 0.3 is 5.97 Å². The Labute approximate surface area is 111 Å². The van der Waals surface area contributed by atoms with Crippen molar-refractivity contribution in [3.63, 3.8) is 0 Å². The minimum Gasteiger partial charge on any atom is -0.481 e. The Bertz CT molecular complexity index is 446. The summed E-state index contributed by atoms with van der Waals surface area (Å²) in [5.41, 5.74) is 6.94. The van der Waals surface area contributed by atoms with Crippen LogP contribution in [0.5, 0.6) is 0 Å². The number of carboxylic acids is 1. The first-order chi connectivity index (χ1) is 8.99. The van der Waals surface area contributed by atoms with Crippen LogP contribution in [0.1, 0.15) is 24.8 Å².